The number of carbonyl (C=O) groups excluding carboxylic acids is 1. The third kappa shape index (κ3) is 4.05. The Balaban J connectivity index is 1.40. The second kappa shape index (κ2) is 8.76. The number of carbonyl (C=O) groups is 1. The van der Waals surface area contributed by atoms with E-state index < -0.39 is 0 Å². The average molecular weight is 382 g/mol. The number of aliphatic hydroxyl groups is 1. The van der Waals surface area contributed by atoms with Gasteiger partial charge in [-0.05, 0) is 61.8 Å². The van der Waals surface area contributed by atoms with E-state index in [0.717, 1.165) is 73.0 Å². The molecule has 3 aliphatic rings. The van der Waals surface area contributed by atoms with Crippen LogP contribution in [0.15, 0.2) is 36.1 Å². The third-order valence-electron chi connectivity index (χ3n) is 5.37. The van der Waals surface area contributed by atoms with Crippen molar-refractivity contribution in [3.63, 3.8) is 0 Å². The Hall–Kier alpha value is -2.37. The molecule has 1 aromatic rings. The smallest absolute Gasteiger partial charge is 0.157 e. The lowest BCUT2D eigenvalue weighted by molar-refractivity contribution is -0.162. The second-order valence-electron chi connectivity index (χ2n) is 7.37. The van der Waals surface area contributed by atoms with Crippen LogP contribution in [0.2, 0.25) is 0 Å². The van der Waals surface area contributed by atoms with Crippen LogP contribution in [0.5, 0.6) is 5.75 Å². The van der Waals surface area contributed by atoms with Crippen LogP contribution in [0.25, 0.3) is 11.6 Å². The minimum absolute atomic E-state index is 0.0315. The van der Waals surface area contributed by atoms with Crippen LogP contribution < -0.4 is 4.74 Å². The van der Waals surface area contributed by atoms with Crippen molar-refractivity contribution in [3.05, 3.63) is 52.8 Å². The number of unbranched alkanes of at least 4 members (excludes halogenated alkanes) is 1. The van der Waals surface area contributed by atoms with Gasteiger partial charge < -0.3 is 19.3 Å². The zero-order valence-electron chi connectivity index (χ0n) is 15.9. The first-order chi connectivity index (χ1) is 13.8. The van der Waals surface area contributed by atoms with Crippen LogP contribution >= 0.6 is 0 Å². The average Bonchev–Trinajstić information content (AvgIpc) is 3.24. The Morgan fingerprint density at radius 3 is 3.00 bits per heavy atom. The number of hydrogen-bond donors (Lipinski definition) is 1. The topological polar surface area (TPSA) is 65.0 Å². The van der Waals surface area contributed by atoms with E-state index in [0.29, 0.717) is 6.61 Å². The highest BCUT2D eigenvalue weighted by atomic mass is 16.7. The Morgan fingerprint density at radius 2 is 2.18 bits per heavy atom. The molecule has 4 rings (SSSR count). The molecule has 0 spiro atoms. The van der Waals surface area contributed by atoms with Gasteiger partial charge in [-0.3, -0.25) is 4.79 Å². The molecule has 2 heterocycles. The molecule has 1 aliphatic carbocycles. The van der Waals surface area contributed by atoms with E-state index in [2.05, 4.69) is 6.07 Å². The van der Waals surface area contributed by atoms with Gasteiger partial charge in [-0.2, -0.15) is 0 Å². The molecule has 2 unspecified atom stereocenters. The van der Waals surface area contributed by atoms with Gasteiger partial charge in [0.15, 0.2) is 6.29 Å². The molecule has 0 aromatic heterocycles. The zero-order valence-corrected chi connectivity index (χ0v) is 15.9. The van der Waals surface area contributed by atoms with E-state index in [4.69, 9.17) is 14.2 Å². The fourth-order valence-electron chi connectivity index (χ4n) is 4.00. The first-order valence-electron chi connectivity index (χ1n) is 10.1. The molecular weight excluding hydrogens is 356 g/mol. The second-order valence-corrected chi connectivity index (χ2v) is 7.37. The molecule has 2 atom stereocenters. The summed E-state index contributed by atoms with van der Waals surface area (Å²) in [5.41, 5.74) is 4.02. The monoisotopic (exact) mass is 382 g/mol. The van der Waals surface area contributed by atoms with Crippen molar-refractivity contribution in [3.8, 4) is 5.75 Å². The fourth-order valence-corrected chi connectivity index (χ4v) is 4.00. The first-order valence-corrected chi connectivity index (χ1v) is 10.1. The third-order valence-corrected chi connectivity index (χ3v) is 5.37. The number of benzene rings is 1. The summed E-state index contributed by atoms with van der Waals surface area (Å²) in [4.78, 5) is 10.7. The molecule has 0 bridgehead atoms. The fraction of sp³-hybridized carbons (Fsp3) is 0.435. The lowest BCUT2D eigenvalue weighted by atomic mass is 9.94. The van der Waals surface area contributed by atoms with Crippen molar-refractivity contribution in [2.24, 2.45) is 0 Å². The number of rotatable bonds is 8. The molecule has 5 nitrogen and oxygen atoms in total. The van der Waals surface area contributed by atoms with Crippen LogP contribution in [0.1, 0.15) is 48.8 Å². The molecule has 2 aliphatic heterocycles. The molecule has 28 heavy (non-hydrogen) atoms. The van der Waals surface area contributed by atoms with Crippen LogP contribution in [0.4, 0.5) is 0 Å². The number of aliphatic hydroxyl groups excluding tert-OH is 1. The van der Waals surface area contributed by atoms with Gasteiger partial charge in [0.05, 0.1) is 0 Å². The Morgan fingerprint density at radius 1 is 1.25 bits per heavy atom. The summed E-state index contributed by atoms with van der Waals surface area (Å²) in [5.74, 6) is 1.09. The highest BCUT2D eigenvalue weighted by molar-refractivity contribution is 5.89. The zero-order chi connectivity index (χ0) is 19.3. The van der Waals surface area contributed by atoms with E-state index in [1.54, 1.807) is 18.2 Å². The van der Waals surface area contributed by atoms with E-state index in [1.165, 1.54) is 12.5 Å². The summed E-state index contributed by atoms with van der Waals surface area (Å²) >= 11 is 0. The number of fused-ring (bicyclic) bond motifs is 3. The molecule has 1 fully saturated rings. The largest absolute Gasteiger partial charge is 0.508 e. The lowest BCUT2D eigenvalue weighted by Crippen LogP contribution is -2.22. The Kier molecular flexibility index (Phi) is 5.93. The SMILES string of the molecule is O=CC=Cc1ccc(CCCCOC2CCCCO2)c2c1C1=CC(O)=CC1O2. The van der Waals surface area contributed by atoms with Crippen molar-refractivity contribution < 1.29 is 24.1 Å². The predicted octanol–water partition coefficient (Wildman–Crippen LogP) is 4.36. The van der Waals surface area contributed by atoms with Crippen LogP contribution in [-0.4, -0.2) is 37.0 Å². The van der Waals surface area contributed by atoms with Gasteiger partial charge >= 0.3 is 0 Å². The number of hydrogen-bond acceptors (Lipinski definition) is 5. The molecule has 1 N–H and O–H groups in total. The molecule has 0 saturated carbocycles. The highest BCUT2D eigenvalue weighted by Gasteiger charge is 2.34. The Labute approximate surface area is 165 Å². The van der Waals surface area contributed by atoms with Crippen LogP contribution in [-0.2, 0) is 20.7 Å². The summed E-state index contributed by atoms with van der Waals surface area (Å²) in [6.07, 6.45) is 13.4. The normalized spacial score (nSPS) is 23.1. The van der Waals surface area contributed by atoms with Gasteiger partial charge in [0, 0.05) is 30.4 Å². The number of ether oxygens (including phenoxy) is 3. The van der Waals surface area contributed by atoms with Crippen molar-refractivity contribution in [2.75, 3.05) is 13.2 Å². The summed E-state index contributed by atoms with van der Waals surface area (Å²) in [7, 11) is 0. The quantitative estimate of drug-likeness (QED) is 0.411. The highest BCUT2D eigenvalue weighted by Crippen LogP contribution is 2.46. The number of aldehydes is 1. The molecule has 148 valence electrons. The van der Waals surface area contributed by atoms with Gasteiger partial charge in [-0.25, -0.2) is 0 Å². The summed E-state index contributed by atoms with van der Waals surface area (Å²) in [6, 6.07) is 4.09. The van der Waals surface area contributed by atoms with Crippen LogP contribution in [0.3, 0.4) is 0 Å². The van der Waals surface area contributed by atoms with Crippen molar-refractivity contribution in [1.29, 1.82) is 0 Å². The number of aryl methyl sites for hydroxylation is 1. The maximum atomic E-state index is 10.7. The minimum Gasteiger partial charge on any atom is -0.508 e. The van der Waals surface area contributed by atoms with Gasteiger partial charge in [-0.15, -0.1) is 0 Å². The van der Waals surface area contributed by atoms with E-state index in [9.17, 15) is 9.90 Å². The van der Waals surface area contributed by atoms with Crippen molar-refractivity contribution in [1.82, 2.24) is 0 Å². The molecule has 0 amide bonds. The standard InChI is InChI=1S/C23H26O5/c24-11-5-7-16-9-10-17(6-1-3-12-26-21-8-2-4-13-27-21)23-22(16)19-14-18(25)15-20(19)28-23/h5,7,9-11,14-15,20-21,25H,1-4,6,8,12-13H2. The lowest BCUT2D eigenvalue weighted by Gasteiger charge is -2.22. The molecule has 1 aromatic carbocycles. The molecule has 0 radical (unpaired) electrons. The van der Waals surface area contributed by atoms with Gasteiger partial charge in [0.1, 0.15) is 23.9 Å². The molecule has 5 heteroatoms. The maximum Gasteiger partial charge on any atom is 0.157 e. The van der Waals surface area contributed by atoms with Crippen molar-refractivity contribution >= 4 is 17.9 Å². The van der Waals surface area contributed by atoms with Crippen molar-refractivity contribution in [2.45, 2.75) is 50.9 Å². The van der Waals surface area contributed by atoms with E-state index in [-0.39, 0.29) is 18.2 Å². The van der Waals surface area contributed by atoms with E-state index >= 15 is 0 Å². The summed E-state index contributed by atoms with van der Waals surface area (Å²) < 4.78 is 17.5. The first kappa shape index (κ1) is 19.0. The predicted molar refractivity (Wildman–Crippen MR) is 107 cm³/mol. The van der Waals surface area contributed by atoms with Gasteiger partial charge in [-0.1, -0.05) is 18.2 Å². The van der Waals surface area contributed by atoms with E-state index in [1.807, 2.05) is 6.07 Å². The molecular formula is C23H26O5. The Bertz CT molecular complexity index is 815. The molecule has 1 saturated heterocycles. The summed E-state index contributed by atoms with van der Waals surface area (Å²) in [6.45, 7) is 1.51. The van der Waals surface area contributed by atoms with Gasteiger partial charge in [0.2, 0.25) is 0 Å². The summed E-state index contributed by atoms with van der Waals surface area (Å²) in [5, 5.41) is 9.81. The number of allylic oxidation sites excluding steroid dienone is 2. The maximum absolute atomic E-state index is 10.7. The van der Waals surface area contributed by atoms with Gasteiger partial charge in [0.25, 0.3) is 0 Å². The minimum atomic E-state index is -0.244. The van der Waals surface area contributed by atoms with Crippen LogP contribution in [0, 0.1) is 0 Å².